The van der Waals surface area contributed by atoms with Crippen LogP contribution in [-0.2, 0) is 16.0 Å². The number of nitrogens with one attached hydrogen (secondary N) is 2. The first-order chi connectivity index (χ1) is 12.1. The zero-order valence-electron chi connectivity index (χ0n) is 13.3. The van der Waals surface area contributed by atoms with Crippen LogP contribution in [-0.4, -0.2) is 35.0 Å². The van der Waals surface area contributed by atoms with Crippen molar-refractivity contribution < 1.29 is 18.7 Å². The lowest BCUT2D eigenvalue weighted by Gasteiger charge is -2.06. The van der Waals surface area contributed by atoms with Gasteiger partial charge in [-0.25, -0.2) is 4.39 Å². The van der Waals surface area contributed by atoms with Crippen molar-refractivity contribution in [1.29, 1.82) is 0 Å². The van der Waals surface area contributed by atoms with Crippen molar-refractivity contribution in [2.75, 3.05) is 13.2 Å². The molecule has 1 amide bonds. The van der Waals surface area contributed by atoms with E-state index < -0.39 is 5.97 Å². The number of aromatic nitrogens is 2. The van der Waals surface area contributed by atoms with Crippen molar-refractivity contribution in [1.82, 2.24) is 15.3 Å². The zero-order chi connectivity index (χ0) is 17.6. The molecule has 2 aromatic heterocycles. The number of H-pyrrole nitrogens is 1. The lowest BCUT2D eigenvalue weighted by atomic mass is 10.1. The van der Waals surface area contributed by atoms with Crippen LogP contribution in [0.15, 0.2) is 48.9 Å². The topological polar surface area (TPSA) is 84.1 Å². The highest BCUT2D eigenvalue weighted by Gasteiger charge is 2.11. The Kier molecular flexibility index (Phi) is 5.03. The Labute approximate surface area is 143 Å². The van der Waals surface area contributed by atoms with Crippen LogP contribution >= 0.6 is 0 Å². The molecule has 2 heterocycles. The summed E-state index contributed by atoms with van der Waals surface area (Å²) in [7, 11) is 0. The SMILES string of the molecule is O=C(Cc1c[nH]c2ccc(F)cc12)OCCNC(=O)c1ccncc1. The number of fused-ring (bicyclic) bond motifs is 1. The number of carbonyl (C=O) groups is 2. The van der Waals surface area contributed by atoms with Gasteiger partial charge in [0.1, 0.15) is 12.4 Å². The number of esters is 1. The van der Waals surface area contributed by atoms with E-state index in [9.17, 15) is 14.0 Å². The number of benzene rings is 1. The number of rotatable bonds is 6. The number of halogens is 1. The van der Waals surface area contributed by atoms with Crippen LogP contribution in [0.1, 0.15) is 15.9 Å². The van der Waals surface area contributed by atoms with Gasteiger partial charge in [0.15, 0.2) is 0 Å². The lowest BCUT2D eigenvalue weighted by Crippen LogP contribution is -2.28. The molecule has 128 valence electrons. The molecule has 0 aliphatic rings. The van der Waals surface area contributed by atoms with Gasteiger partial charge in [0.05, 0.1) is 13.0 Å². The molecule has 0 spiro atoms. The fourth-order valence-electron chi connectivity index (χ4n) is 2.44. The van der Waals surface area contributed by atoms with Crippen LogP contribution < -0.4 is 5.32 Å². The molecule has 0 fully saturated rings. The van der Waals surface area contributed by atoms with Crippen molar-refractivity contribution in [3.8, 4) is 0 Å². The average Bonchev–Trinajstić information content (AvgIpc) is 3.01. The number of nitrogens with zero attached hydrogens (tertiary/aromatic N) is 1. The normalized spacial score (nSPS) is 10.6. The van der Waals surface area contributed by atoms with Gasteiger partial charge in [-0.2, -0.15) is 0 Å². The Hall–Kier alpha value is -3.22. The van der Waals surface area contributed by atoms with Gasteiger partial charge in [0.25, 0.3) is 5.91 Å². The second-order valence-electron chi connectivity index (χ2n) is 5.39. The van der Waals surface area contributed by atoms with E-state index in [0.717, 1.165) is 5.52 Å². The maximum atomic E-state index is 13.3. The summed E-state index contributed by atoms with van der Waals surface area (Å²) in [6.45, 7) is 0.266. The highest BCUT2D eigenvalue weighted by molar-refractivity contribution is 5.94. The Morgan fingerprint density at radius 3 is 2.80 bits per heavy atom. The van der Waals surface area contributed by atoms with E-state index in [4.69, 9.17) is 4.74 Å². The fraction of sp³-hybridized carbons (Fsp3) is 0.167. The summed E-state index contributed by atoms with van der Waals surface area (Å²) in [6, 6.07) is 7.54. The number of ether oxygens (including phenoxy) is 1. The number of amides is 1. The minimum absolute atomic E-state index is 0.0295. The molecule has 0 aliphatic carbocycles. The summed E-state index contributed by atoms with van der Waals surface area (Å²) >= 11 is 0. The monoisotopic (exact) mass is 341 g/mol. The first kappa shape index (κ1) is 16.6. The summed E-state index contributed by atoms with van der Waals surface area (Å²) in [4.78, 5) is 30.5. The molecule has 0 unspecified atom stereocenters. The molecule has 0 radical (unpaired) electrons. The fourth-order valence-corrected chi connectivity index (χ4v) is 2.44. The Morgan fingerprint density at radius 2 is 2.00 bits per heavy atom. The predicted octanol–water partition coefficient (Wildman–Crippen LogP) is 2.22. The van der Waals surface area contributed by atoms with E-state index in [0.29, 0.717) is 16.5 Å². The largest absolute Gasteiger partial charge is 0.464 e. The van der Waals surface area contributed by atoms with Crippen molar-refractivity contribution >= 4 is 22.8 Å². The van der Waals surface area contributed by atoms with Crippen molar-refractivity contribution in [3.05, 3.63) is 65.9 Å². The minimum Gasteiger partial charge on any atom is -0.464 e. The molecule has 6 nitrogen and oxygen atoms in total. The van der Waals surface area contributed by atoms with E-state index in [-0.39, 0.29) is 31.3 Å². The second-order valence-corrected chi connectivity index (χ2v) is 5.39. The quantitative estimate of drug-likeness (QED) is 0.532. The third-order valence-electron chi connectivity index (χ3n) is 3.66. The number of pyridine rings is 1. The van der Waals surface area contributed by atoms with Gasteiger partial charge >= 0.3 is 5.97 Å². The summed E-state index contributed by atoms with van der Waals surface area (Å²) in [5.74, 6) is -1.06. The van der Waals surface area contributed by atoms with E-state index >= 15 is 0 Å². The van der Waals surface area contributed by atoms with Crippen LogP contribution in [0.25, 0.3) is 10.9 Å². The molecular formula is C18H16FN3O3. The van der Waals surface area contributed by atoms with Crippen LogP contribution in [0, 0.1) is 5.82 Å². The summed E-state index contributed by atoms with van der Waals surface area (Å²) < 4.78 is 18.4. The van der Waals surface area contributed by atoms with Gasteiger partial charge < -0.3 is 15.0 Å². The molecular weight excluding hydrogens is 325 g/mol. The molecule has 0 bridgehead atoms. The van der Waals surface area contributed by atoms with E-state index in [1.807, 2.05) is 0 Å². The lowest BCUT2D eigenvalue weighted by molar-refractivity contribution is -0.142. The van der Waals surface area contributed by atoms with Crippen molar-refractivity contribution in [2.24, 2.45) is 0 Å². The second kappa shape index (κ2) is 7.57. The zero-order valence-corrected chi connectivity index (χ0v) is 13.3. The Morgan fingerprint density at radius 1 is 1.20 bits per heavy atom. The average molecular weight is 341 g/mol. The maximum absolute atomic E-state index is 13.3. The van der Waals surface area contributed by atoms with Gasteiger partial charge in [-0.1, -0.05) is 0 Å². The first-order valence-electron chi connectivity index (χ1n) is 7.73. The van der Waals surface area contributed by atoms with Gasteiger partial charge in [-0.15, -0.1) is 0 Å². The van der Waals surface area contributed by atoms with Crippen LogP contribution in [0.5, 0.6) is 0 Å². The maximum Gasteiger partial charge on any atom is 0.310 e. The molecule has 3 aromatic rings. The van der Waals surface area contributed by atoms with Gasteiger partial charge in [0, 0.05) is 35.1 Å². The molecule has 25 heavy (non-hydrogen) atoms. The molecule has 0 saturated carbocycles. The number of hydrogen-bond acceptors (Lipinski definition) is 4. The Bertz CT molecular complexity index is 893. The standard InChI is InChI=1S/C18H16FN3O3/c19-14-1-2-16-15(10-14)13(11-22-16)9-17(23)25-8-7-21-18(24)12-3-5-20-6-4-12/h1-6,10-11,22H,7-9H2,(H,21,24). The van der Waals surface area contributed by atoms with Crippen LogP contribution in [0.2, 0.25) is 0 Å². The molecule has 3 rings (SSSR count). The number of aromatic amines is 1. The van der Waals surface area contributed by atoms with E-state index in [2.05, 4.69) is 15.3 Å². The smallest absolute Gasteiger partial charge is 0.310 e. The molecule has 2 N–H and O–H groups in total. The molecule has 0 aliphatic heterocycles. The van der Waals surface area contributed by atoms with Gasteiger partial charge in [-0.3, -0.25) is 14.6 Å². The molecule has 0 atom stereocenters. The Balaban J connectivity index is 1.46. The van der Waals surface area contributed by atoms with Crippen LogP contribution in [0.3, 0.4) is 0 Å². The molecule has 0 saturated heterocycles. The van der Waals surface area contributed by atoms with E-state index in [1.165, 1.54) is 24.5 Å². The summed E-state index contributed by atoms with van der Waals surface area (Å²) in [6.07, 6.45) is 4.75. The number of carbonyl (C=O) groups excluding carboxylic acids is 2. The minimum atomic E-state index is -0.441. The molecule has 1 aromatic carbocycles. The highest BCUT2D eigenvalue weighted by Crippen LogP contribution is 2.20. The number of hydrogen-bond donors (Lipinski definition) is 2. The molecule has 7 heteroatoms. The first-order valence-corrected chi connectivity index (χ1v) is 7.73. The van der Waals surface area contributed by atoms with Crippen LogP contribution in [0.4, 0.5) is 4.39 Å². The van der Waals surface area contributed by atoms with E-state index in [1.54, 1.807) is 24.4 Å². The summed E-state index contributed by atoms with van der Waals surface area (Å²) in [5.41, 5.74) is 1.91. The van der Waals surface area contributed by atoms with Crippen molar-refractivity contribution in [3.63, 3.8) is 0 Å². The highest BCUT2D eigenvalue weighted by atomic mass is 19.1. The van der Waals surface area contributed by atoms with Gasteiger partial charge in [0.2, 0.25) is 0 Å². The predicted molar refractivity (Wildman–Crippen MR) is 89.5 cm³/mol. The van der Waals surface area contributed by atoms with Gasteiger partial charge in [-0.05, 0) is 35.9 Å². The summed E-state index contributed by atoms with van der Waals surface area (Å²) in [5, 5.41) is 3.31. The third-order valence-corrected chi connectivity index (χ3v) is 3.66. The third kappa shape index (κ3) is 4.20. The van der Waals surface area contributed by atoms with Crippen molar-refractivity contribution in [2.45, 2.75) is 6.42 Å².